The van der Waals surface area contributed by atoms with Crippen LogP contribution in [0, 0.1) is 5.41 Å². The number of likely N-dealkylation sites (tertiary alicyclic amines) is 1. The molecule has 1 aliphatic heterocycles. The maximum atomic E-state index is 12.0. The number of rotatable bonds is 10. The first kappa shape index (κ1) is 23.1. The van der Waals surface area contributed by atoms with Crippen molar-refractivity contribution < 1.29 is 9.59 Å². The van der Waals surface area contributed by atoms with Gasteiger partial charge in [-0.15, -0.1) is 0 Å². The zero-order valence-electron chi connectivity index (χ0n) is 18.0. The van der Waals surface area contributed by atoms with Crippen LogP contribution in [0.5, 0.6) is 0 Å². The van der Waals surface area contributed by atoms with Gasteiger partial charge in [0.05, 0.1) is 5.69 Å². The summed E-state index contributed by atoms with van der Waals surface area (Å²) >= 11 is 0. The van der Waals surface area contributed by atoms with Gasteiger partial charge in [-0.25, -0.2) is 4.79 Å². The number of nitrogens with one attached hydrogen (secondary N) is 4. The fourth-order valence-corrected chi connectivity index (χ4v) is 3.27. The molecule has 3 rings (SSSR count). The third-order valence-electron chi connectivity index (χ3n) is 5.02. The zero-order valence-corrected chi connectivity index (χ0v) is 18.0. The minimum absolute atomic E-state index is 0.0151. The Hall–Kier alpha value is -3.59. The first-order chi connectivity index (χ1) is 15.6. The Morgan fingerprint density at radius 3 is 2.62 bits per heavy atom. The molecular formula is C23H29N7O2. The van der Waals surface area contributed by atoms with Crippen molar-refractivity contribution in [1.82, 2.24) is 20.5 Å². The molecule has 2 heterocycles. The van der Waals surface area contributed by atoms with Gasteiger partial charge in [0.15, 0.2) is 0 Å². The lowest BCUT2D eigenvalue weighted by atomic mass is 10.2. The summed E-state index contributed by atoms with van der Waals surface area (Å²) < 4.78 is 0. The molecule has 1 aliphatic rings. The van der Waals surface area contributed by atoms with E-state index < -0.39 is 0 Å². The molecule has 1 aromatic heterocycles. The number of aliphatic imine (C=N–C) groups is 1. The predicted molar refractivity (Wildman–Crippen MR) is 126 cm³/mol. The van der Waals surface area contributed by atoms with Gasteiger partial charge in [0.2, 0.25) is 0 Å². The Bertz CT molecular complexity index is 923. The van der Waals surface area contributed by atoms with E-state index in [4.69, 9.17) is 5.41 Å². The van der Waals surface area contributed by atoms with Crippen LogP contribution in [0.3, 0.4) is 0 Å². The number of hydrogen-bond donors (Lipinski definition) is 4. The molecule has 0 saturated carbocycles. The van der Waals surface area contributed by atoms with E-state index >= 15 is 0 Å². The molecule has 9 heteroatoms. The maximum absolute atomic E-state index is 12.0. The number of nitrogens with zero attached hydrogens (tertiary/aromatic N) is 3. The number of amides is 3. The standard InChI is InChI=1S/C23H29N7O2/c24-21(22(31)27-12-15-30-13-1-2-14-30)9-11-26-19-5-7-20(8-6-19)29-23(32)28-17-18-4-3-10-25-16-18/h3-8,10-11,16,24H,1-2,9,12-15,17H2,(H,27,31)(H2,28,29,32). The van der Waals surface area contributed by atoms with E-state index in [0.717, 1.165) is 25.2 Å². The van der Waals surface area contributed by atoms with Gasteiger partial charge in [-0.3, -0.25) is 20.2 Å². The lowest BCUT2D eigenvalue weighted by Crippen LogP contribution is -2.37. The normalized spacial score (nSPS) is 13.8. The Morgan fingerprint density at radius 1 is 1.12 bits per heavy atom. The summed E-state index contributed by atoms with van der Waals surface area (Å²) in [7, 11) is 0. The van der Waals surface area contributed by atoms with Crippen LogP contribution in [-0.2, 0) is 11.3 Å². The monoisotopic (exact) mass is 435 g/mol. The summed E-state index contributed by atoms with van der Waals surface area (Å²) in [4.78, 5) is 34.6. The average Bonchev–Trinajstić information content (AvgIpc) is 3.33. The van der Waals surface area contributed by atoms with Crippen LogP contribution in [0.2, 0.25) is 0 Å². The molecule has 2 aromatic rings. The van der Waals surface area contributed by atoms with Gasteiger partial charge in [-0.05, 0) is 61.8 Å². The van der Waals surface area contributed by atoms with Crippen molar-refractivity contribution in [3.05, 3.63) is 54.4 Å². The van der Waals surface area contributed by atoms with E-state index in [-0.39, 0.29) is 24.1 Å². The van der Waals surface area contributed by atoms with E-state index in [1.54, 1.807) is 42.9 Å². The first-order valence-electron chi connectivity index (χ1n) is 10.7. The highest BCUT2D eigenvalue weighted by Gasteiger charge is 2.12. The van der Waals surface area contributed by atoms with Crippen LogP contribution in [0.1, 0.15) is 24.8 Å². The van der Waals surface area contributed by atoms with Crippen LogP contribution in [0.25, 0.3) is 0 Å². The second-order valence-corrected chi connectivity index (χ2v) is 7.51. The van der Waals surface area contributed by atoms with E-state index in [0.29, 0.717) is 24.5 Å². The highest BCUT2D eigenvalue weighted by molar-refractivity contribution is 6.39. The van der Waals surface area contributed by atoms with Crippen molar-refractivity contribution in [3.63, 3.8) is 0 Å². The number of aromatic nitrogens is 1. The van der Waals surface area contributed by atoms with E-state index in [2.05, 4.69) is 30.8 Å². The summed E-state index contributed by atoms with van der Waals surface area (Å²) in [6.07, 6.45) is 7.53. The summed E-state index contributed by atoms with van der Waals surface area (Å²) in [6, 6.07) is 10.4. The summed E-state index contributed by atoms with van der Waals surface area (Å²) in [5.74, 6) is -0.354. The molecule has 3 amide bonds. The highest BCUT2D eigenvalue weighted by Crippen LogP contribution is 2.16. The van der Waals surface area contributed by atoms with Gasteiger partial charge >= 0.3 is 6.03 Å². The third-order valence-corrected chi connectivity index (χ3v) is 5.02. The molecule has 0 atom stereocenters. The van der Waals surface area contributed by atoms with Gasteiger partial charge in [0.25, 0.3) is 5.91 Å². The van der Waals surface area contributed by atoms with Gasteiger partial charge in [0.1, 0.15) is 5.71 Å². The van der Waals surface area contributed by atoms with Crippen LogP contribution in [-0.4, -0.2) is 59.9 Å². The van der Waals surface area contributed by atoms with Gasteiger partial charge in [-0.1, -0.05) is 6.07 Å². The molecule has 4 N–H and O–H groups in total. The lowest BCUT2D eigenvalue weighted by Gasteiger charge is -2.14. The molecule has 0 aliphatic carbocycles. The summed E-state index contributed by atoms with van der Waals surface area (Å²) in [6.45, 7) is 3.95. The smallest absolute Gasteiger partial charge is 0.319 e. The van der Waals surface area contributed by atoms with Gasteiger partial charge in [-0.2, -0.15) is 0 Å². The van der Waals surface area contributed by atoms with Crippen molar-refractivity contribution in [2.75, 3.05) is 31.5 Å². The van der Waals surface area contributed by atoms with Crippen LogP contribution < -0.4 is 16.0 Å². The Labute approximate surface area is 187 Å². The van der Waals surface area contributed by atoms with Gasteiger partial charge in [0, 0.05) is 50.4 Å². The minimum atomic E-state index is -0.354. The fraction of sp³-hybridized carbons (Fsp3) is 0.348. The number of carbonyl (C=O) groups excluding carboxylic acids is 2. The Balaban J connectivity index is 1.35. The average molecular weight is 436 g/mol. The van der Waals surface area contributed by atoms with Crippen LogP contribution in [0.15, 0.2) is 53.8 Å². The molecule has 0 unspecified atom stereocenters. The first-order valence-corrected chi connectivity index (χ1v) is 10.7. The Kier molecular flexibility index (Phi) is 8.88. The lowest BCUT2D eigenvalue weighted by molar-refractivity contribution is -0.115. The van der Waals surface area contributed by atoms with Crippen molar-refractivity contribution in [3.8, 4) is 0 Å². The second-order valence-electron chi connectivity index (χ2n) is 7.51. The van der Waals surface area contributed by atoms with Crippen molar-refractivity contribution >= 4 is 35.2 Å². The van der Waals surface area contributed by atoms with Gasteiger partial charge < -0.3 is 20.9 Å². The molecule has 1 saturated heterocycles. The molecule has 0 radical (unpaired) electrons. The second kappa shape index (κ2) is 12.3. The topological polar surface area (TPSA) is 123 Å². The number of pyridine rings is 1. The van der Waals surface area contributed by atoms with Crippen molar-refractivity contribution in [2.45, 2.75) is 25.8 Å². The zero-order chi connectivity index (χ0) is 22.6. The van der Waals surface area contributed by atoms with Crippen LogP contribution >= 0.6 is 0 Å². The minimum Gasteiger partial charge on any atom is -0.350 e. The molecule has 1 aromatic carbocycles. The molecule has 1 fully saturated rings. The SMILES string of the molecule is N=C(CC=Nc1ccc(NC(=O)NCc2cccnc2)cc1)C(=O)NCCN1CCCC1. The summed E-state index contributed by atoms with van der Waals surface area (Å²) in [5.41, 5.74) is 2.21. The Morgan fingerprint density at radius 2 is 1.91 bits per heavy atom. The van der Waals surface area contributed by atoms with Crippen molar-refractivity contribution in [2.24, 2.45) is 4.99 Å². The predicted octanol–water partition coefficient (Wildman–Crippen LogP) is 2.73. The largest absolute Gasteiger partial charge is 0.350 e. The highest BCUT2D eigenvalue weighted by atomic mass is 16.2. The van der Waals surface area contributed by atoms with Crippen molar-refractivity contribution in [1.29, 1.82) is 5.41 Å². The molecule has 168 valence electrons. The molecule has 0 bridgehead atoms. The molecule has 0 spiro atoms. The van der Waals surface area contributed by atoms with Crippen LogP contribution in [0.4, 0.5) is 16.2 Å². The molecule has 32 heavy (non-hydrogen) atoms. The summed E-state index contributed by atoms with van der Waals surface area (Å²) in [5, 5.41) is 16.2. The number of anilines is 1. The van der Waals surface area contributed by atoms with E-state index in [1.807, 2.05) is 12.1 Å². The number of benzene rings is 1. The quantitative estimate of drug-likeness (QED) is 0.429. The number of hydrogen-bond acceptors (Lipinski definition) is 6. The molecular weight excluding hydrogens is 406 g/mol. The third kappa shape index (κ3) is 7.92. The molecule has 9 nitrogen and oxygen atoms in total. The van der Waals surface area contributed by atoms with E-state index in [9.17, 15) is 9.59 Å². The van der Waals surface area contributed by atoms with E-state index in [1.165, 1.54) is 12.8 Å². The maximum Gasteiger partial charge on any atom is 0.319 e. The number of carbonyl (C=O) groups is 2. The number of urea groups is 1. The fourth-order valence-electron chi connectivity index (χ4n) is 3.27.